The first kappa shape index (κ1) is 13.0. The molecule has 18 heavy (non-hydrogen) atoms. The molecular weight excluding hydrogens is 302 g/mol. The van der Waals surface area contributed by atoms with Crippen molar-refractivity contribution in [1.82, 2.24) is 5.32 Å². The van der Waals surface area contributed by atoms with Gasteiger partial charge in [0.2, 0.25) is 5.91 Å². The van der Waals surface area contributed by atoms with E-state index < -0.39 is 4.92 Å². The highest BCUT2D eigenvalue weighted by molar-refractivity contribution is 9.10. The lowest BCUT2D eigenvalue weighted by atomic mass is 10.2. The summed E-state index contributed by atoms with van der Waals surface area (Å²) in [6.45, 7) is 0.849. The number of nitro groups is 1. The summed E-state index contributed by atoms with van der Waals surface area (Å²) in [4.78, 5) is 22.0. The Kier molecular flexibility index (Phi) is 3.93. The van der Waals surface area contributed by atoms with E-state index in [-0.39, 0.29) is 17.6 Å². The number of anilines is 1. The van der Waals surface area contributed by atoms with Crippen LogP contribution in [0.25, 0.3) is 0 Å². The second-order valence-electron chi connectivity index (χ2n) is 4.06. The molecule has 2 rings (SSSR count). The maximum Gasteiger partial charge on any atom is 0.283 e. The first-order valence-corrected chi connectivity index (χ1v) is 6.35. The highest BCUT2D eigenvalue weighted by atomic mass is 79.9. The molecule has 0 aliphatic carbocycles. The summed E-state index contributed by atoms with van der Waals surface area (Å²) in [5.74, 6) is -0.103. The Labute approximate surface area is 112 Å². The van der Waals surface area contributed by atoms with Crippen LogP contribution in [0.5, 0.6) is 0 Å². The number of halogens is 1. The van der Waals surface area contributed by atoms with Gasteiger partial charge in [-0.05, 0) is 47.4 Å². The van der Waals surface area contributed by atoms with Gasteiger partial charge in [-0.15, -0.1) is 0 Å². The molecule has 1 aromatic carbocycles. The third-order valence-corrected chi connectivity index (χ3v) is 3.42. The first-order valence-electron chi connectivity index (χ1n) is 5.56. The van der Waals surface area contributed by atoms with Crippen molar-refractivity contribution in [2.75, 3.05) is 11.9 Å². The van der Waals surface area contributed by atoms with Gasteiger partial charge in [-0.1, -0.05) is 0 Å². The van der Waals surface area contributed by atoms with Crippen molar-refractivity contribution in [3.63, 3.8) is 0 Å². The van der Waals surface area contributed by atoms with E-state index in [0.29, 0.717) is 10.2 Å². The smallest absolute Gasteiger partial charge is 0.283 e. The molecule has 0 bridgehead atoms. The summed E-state index contributed by atoms with van der Waals surface area (Å²) in [5, 5.41) is 16.5. The van der Waals surface area contributed by atoms with Crippen molar-refractivity contribution in [3.05, 3.63) is 32.8 Å². The SMILES string of the molecule is O=C(Nc1ccc([N+](=O)[O-])c(Br)c1)[C@@H]1CCCN1. The summed E-state index contributed by atoms with van der Waals surface area (Å²) >= 11 is 3.11. The van der Waals surface area contributed by atoms with E-state index in [4.69, 9.17) is 0 Å². The van der Waals surface area contributed by atoms with Gasteiger partial charge < -0.3 is 10.6 Å². The average molecular weight is 314 g/mol. The van der Waals surface area contributed by atoms with Crippen LogP contribution in [-0.2, 0) is 4.79 Å². The molecule has 1 atom stereocenters. The molecule has 6 nitrogen and oxygen atoms in total. The number of nitro benzene ring substituents is 1. The summed E-state index contributed by atoms with van der Waals surface area (Å²) in [6.07, 6.45) is 1.81. The molecule has 1 aromatic rings. The maximum absolute atomic E-state index is 11.8. The molecule has 96 valence electrons. The Balaban J connectivity index is 2.07. The van der Waals surface area contributed by atoms with E-state index >= 15 is 0 Å². The first-order chi connectivity index (χ1) is 8.58. The van der Waals surface area contributed by atoms with Gasteiger partial charge in [0.25, 0.3) is 5.69 Å². The number of carbonyl (C=O) groups excluding carboxylic acids is 1. The highest BCUT2D eigenvalue weighted by Crippen LogP contribution is 2.27. The fraction of sp³-hybridized carbons (Fsp3) is 0.364. The van der Waals surface area contributed by atoms with Crippen molar-refractivity contribution >= 4 is 33.2 Å². The fourth-order valence-electron chi connectivity index (χ4n) is 1.87. The number of carbonyl (C=O) groups is 1. The second kappa shape index (κ2) is 5.45. The lowest BCUT2D eigenvalue weighted by Gasteiger charge is -2.11. The van der Waals surface area contributed by atoms with Crippen molar-refractivity contribution in [2.45, 2.75) is 18.9 Å². The Morgan fingerprint density at radius 1 is 1.56 bits per heavy atom. The minimum atomic E-state index is -0.478. The number of nitrogens with one attached hydrogen (secondary N) is 2. The van der Waals surface area contributed by atoms with E-state index in [9.17, 15) is 14.9 Å². The van der Waals surface area contributed by atoms with Crippen LogP contribution in [0.15, 0.2) is 22.7 Å². The number of hydrogen-bond acceptors (Lipinski definition) is 4. The van der Waals surface area contributed by atoms with Gasteiger partial charge in [0.05, 0.1) is 15.4 Å². The predicted molar refractivity (Wildman–Crippen MR) is 70.5 cm³/mol. The molecule has 1 aliphatic heterocycles. The highest BCUT2D eigenvalue weighted by Gasteiger charge is 2.22. The lowest BCUT2D eigenvalue weighted by Crippen LogP contribution is -2.35. The largest absolute Gasteiger partial charge is 0.325 e. The van der Waals surface area contributed by atoms with Gasteiger partial charge in [0.1, 0.15) is 0 Å². The summed E-state index contributed by atoms with van der Waals surface area (Å²) in [6, 6.07) is 4.25. The van der Waals surface area contributed by atoms with E-state index in [1.165, 1.54) is 18.2 Å². The number of rotatable bonds is 3. The summed E-state index contributed by atoms with van der Waals surface area (Å²) in [7, 11) is 0. The number of hydrogen-bond donors (Lipinski definition) is 2. The molecular formula is C11H12BrN3O3. The Bertz CT molecular complexity index is 486. The lowest BCUT2D eigenvalue weighted by molar-refractivity contribution is -0.385. The fourth-order valence-corrected chi connectivity index (χ4v) is 2.39. The zero-order valence-electron chi connectivity index (χ0n) is 9.48. The minimum Gasteiger partial charge on any atom is -0.325 e. The maximum atomic E-state index is 11.8. The van der Waals surface area contributed by atoms with Crippen LogP contribution in [0.1, 0.15) is 12.8 Å². The molecule has 0 aromatic heterocycles. The summed E-state index contributed by atoms with van der Waals surface area (Å²) in [5.41, 5.74) is 0.526. The quantitative estimate of drug-likeness (QED) is 0.660. The predicted octanol–water partition coefficient (Wildman–Crippen LogP) is 2.05. The summed E-state index contributed by atoms with van der Waals surface area (Å²) < 4.78 is 0.352. The van der Waals surface area contributed by atoms with Crippen molar-refractivity contribution in [2.24, 2.45) is 0 Å². The van der Waals surface area contributed by atoms with Gasteiger partial charge in [0, 0.05) is 11.8 Å². The van der Waals surface area contributed by atoms with Crippen LogP contribution in [0.3, 0.4) is 0 Å². The third kappa shape index (κ3) is 2.85. The monoisotopic (exact) mass is 313 g/mol. The molecule has 2 N–H and O–H groups in total. The zero-order valence-corrected chi connectivity index (χ0v) is 11.1. The topological polar surface area (TPSA) is 84.3 Å². The van der Waals surface area contributed by atoms with Crippen molar-refractivity contribution < 1.29 is 9.72 Å². The van der Waals surface area contributed by atoms with Crippen LogP contribution in [0.2, 0.25) is 0 Å². The molecule has 1 aliphatic rings. The van der Waals surface area contributed by atoms with Crippen molar-refractivity contribution in [1.29, 1.82) is 0 Å². The number of benzene rings is 1. The van der Waals surface area contributed by atoms with Gasteiger partial charge in [-0.25, -0.2) is 0 Å². The molecule has 1 amide bonds. The molecule has 0 spiro atoms. The molecule has 1 fully saturated rings. The van der Waals surface area contributed by atoms with Crippen LogP contribution in [0.4, 0.5) is 11.4 Å². The average Bonchev–Trinajstić information content (AvgIpc) is 2.81. The normalized spacial score (nSPS) is 18.6. The van der Waals surface area contributed by atoms with Gasteiger partial charge in [-0.3, -0.25) is 14.9 Å². The third-order valence-electron chi connectivity index (χ3n) is 2.79. The zero-order chi connectivity index (χ0) is 13.1. The Hall–Kier alpha value is -1.47. The minimum absolute atomic E-state index is 0.0213. The molecule has 0 unspecified atom stereocenters. The van der Waals surface area contributed by atoms with Crippen LogP contribution in [0, 0.1) is 10.1 Å². The Morgan fingerprint density at radius 2 is 2.33 bits per heavy atom. The second-order valence-corrected chi connectivity index (χ2v) is 4.92. The molecule has 0 radical (unpaired) electrons. The van der Waals surface area contributed by atoms with E-state index in [0.717, 1.165) is 19.4 Å². The van der Waals surface area contributed by atoms with Crippen molar-refractivity contribution in [3.8, 4) is 0 Å². The van der Waals surface area contributed by atoms with Gasteiger partial charge >= 0.3 is 0 Å². The molecule has 0 saturated carbocycles. The Morgan fingerprint density at radius 3 is 2.89 bits per heavy atom. The standard InChI is InChI=1S/C11H12BrN3O3/c12-8-6-7(3-4-10(8)15(17)18)14-11(16)9-2-1-5-13-9/h3-4,6,9,13H,1-2,5H2,(H,14,16)/t9-/m0/s1. The number of amides is 1. The van der Waals surface area contributed by atoms with E-state index in [1.54, 1.807) is 0 Å². The molecule has 7 heteroatoms. The van der Waals surface area contributed by atoms with E-state index in [2.05, 4.69) is 26.6 Å². The van der Waals surface area contributed by atoms with Gasteiger partial charge in [-0.2, -0.15) is 0 Å². The molecule has 1 heterocycles. The van der Waals surface area contributed by atoms with Crippen LogP contribution in [-0.4, -0.2) is 23.4 Å². The van der Waals surface area contributed by atoms with Crippen LogP contribution >= 0.6 is 15.9 Å². The molecule has 1 saturated heterocycles. The van der Waals surface area contributed by atoms with Gasteiger partial charge in [0.15, 0.2) is 0 Å². The number of nitrogens with zero attached hydrogens (tertiary/aromatic N) is 1. The van der Waals surface area contributed by atoms with E-state index in [1.807, 2.05) is 0 Å². The van der Waals surface area contributed by atoms with Crippen LogP contribution < -0.4 is 10.6 Å².